The van der Waals surface area contributed by atoms with Gasteiger partial charge >= 0.3 is 0 Å². The van der Waals surface area contributed by atoms with Crippen molar-refractivity contribution < 1.29 is 23.7 Å². The molecule has 29 heavy (non-hydrogen) atoms. The number of anilines is 1. The summed E-state index contributed by atoms with van der Waals surface area (Å²) in [6, 6.07) is 8.44. The molecule has 1 aliphatic heterocycles. The highest BCUT2D eigenvalue weighted by atomic mass is 79.9. The van der Waals surface area contributed by atoms with E-state index >= 15 is 0 Å². The third-order valence-electron chi connectivity index (χ3n) is 3.90. The van der Waals surface area contributed by atoms with Crippen LogP contribution in [0.1, 0.15) is 18.9 Å². The first-order valence-electron chi connectivity index (χ1n) is 8.90. The third-order valence-corrected chi connectivity index (χ3v) is 4.80. The number of rotatable bonds is 6. The molecule has 152 valence electrons. The van der Waals surface area contributed by atoms with E-state index in [1.807, 2.05) is 13.0 Å². The number of carbonyl (C=O) groups excluding carboxylic acids is 1. The first-order valence-corrected chi connectivity index (χ1v) is 10.1. The number of hydrogen-bond donors (Lipinski definition) is 1. The Hall–Kier alpha value is -2.63. The molecule has 9 heteroatoms. The molecule has 1 N–H and O–H groups in total. The summed E-state index contributed by atoms with van der Waals surface area (Å²) >= 11 is 9.60. The van der Waals surface area contributed by atoms with E-state index in [0.29, 0.717) is 63.6 Å². The molecule has 2 aromatic carbocycles. The molecule has 0 bridgehead atoms. The zero-order chi connectivity index (χ0) is 20.8. The molecule has 0 aliphatic carbocycles. The van der Waals surface area contributed by atoms with Gasteiger partial charge in [-0.2, -0.15) is 5.26 Å². The van der Waals surface area contributed by atoms with E-state index in [1.54, 1.807) is 24.3 Å². The van der Waals surface area contributed by atoms with Crippen molar-refractivity contribution in [1.82, 2.24) is 0 Å². The lowest BCUT2D eigenvalue weighted by molar-refractivity contribution is -0.118. The van der Waals surface area contributed by atoms with Crippen molar-refractivity contribution in [2.45, 2.75) is 13.3 Å². The smallest absolute Gasteiger partial charge is 0.262 e. The molecular weight excluding hydrogens is 464 g/mol. The molecule has 0 saturated heterocycles. The number of ether oxygens (including phenoxy) is 4. The van der Waals surface area contributed by atoms with E-state index in [2.05, 4.69) is 21.2 Å². The van der Waals surface area contributed by atoms with Crippen molar-refractivity contribution in [1.29, 1.82) is 5.26 Å². The summed E-state index contributed by atoms with van der Waals surface area (Å²) in [4.78, 5) is 12.4. The monoisotopic (exact) mass is 480 g/mol. The van der Waals surface area contributed by atoms with E-state index in [1.165, 1.54) is 0 Å². The molecule has 2 aromatic rings. The van der Waals surface area contributed by atoms with Crippen LogP contribution in [0.4, 0.5) is 5.69 Å². The Labute approximate surface area is 181 Å². The lowest BCUT2D eigenvalue weighted by Gasteiger charge is -2.15. The number of carbonyl (C=O) groups is 1. The van der Waals surface area contributed by atoms with Gasteiger partial charge in [-0.1, -0.05) is 11.6 Å². The Balaban J connectivity index is 1.71. The second-order valence-corrected chi connectivity index (χ2v) is 7.26. The molecule has 0 unspecified atom stereocenters. The normalized spacial score (nSPS) is 12.5. The minimum absolute atomic E-state index is 0.282. The summed E-state index contributed by atoms with van der Waals surface area (Å²) in [6.07, 6.45) is 0.767. The molecule has 7 nitrogen and oxygen atoms in total. The topological polar surface area (TPSA) is 89.8 Å². The van der Waals surface area contributed by atoms with Gasteiger partial charge in [0.2, 0.25) is 0 Å². The Kier molecular flexibility index (Phi) is 7.07. The van der Waals surface area contributed by atoms with Crippen LogP contribution in [-0.2, 0) is 4.79 Å². The van der Waals surface area contributed by atoms with Crippen molar-refractivity contribution in [2.24, 2.45) is 0 Å². The van der Waals surface area contributed by atoms with Crippen LogP contribution in [-0.4, -0.2) is 32.3 Å². The largest absolute Gasteiger partial charge is 0.490 e. The highest BCUT2D eigenvalue weighted by Gasteiger charge is 2.17. The SMILES string of the molecule is CCOc1cc(C#N)cc(Br)c1OCC(=O)Nc1cc2c(cc1Cl)OCCCO2. The first kappa shape index (κ1) is 21.1. The quantitative estimate of drug-likeness (QED) is 0.651. The van der Waals surface area contributed by atoms with Crippen LogP contribution in [0.2, 0.25) is 5.02 Å². The minimum atomic E-state index is -0.417. The van der Waals surface area contributed by atoms with Crippen molar-refractivity contribution in [2.75, 3.05) is 31.7 Å². The maximum Gasteiger partial charge on any atom is 0.262 e. The van der Waals surface area contributed by atoms with Gasteiger partial charge in [-0.05, 0) is 28.9 Å². The molecule has 0 fully saturated rings. The number of nitriles is 1. The Morgan fingerprint density at radius 3 is 2.66 bits per heavy atom. The number of nitrogens with zero attached hydrogens (tertiary/aromatic N) is 1. The van der Waals surface area contributed by atoms with Gasteiger partial charge in [0.1, 0.15) is 0 Å². The summed E-state index contributed by atoms with van der Waals surface area (Å²) in [5, 5.41) is 12.1. The fourth-order valence-electron chi connectivity index (χ4n) is 2.64. The van der Waals surface area contributed by atoms with Crippen LogP contribution >= 0.6 is 27.5 Å². The maximum atomic E-state index is 12.4. The molecular formula is C20H18BrClN2O5. The van der Waals surface area contributed by atoms with Crippen molar-refractivity contribution in [3.63, 3.8) is 0 Å². The summed E-state index contributed by atoms with van der Waals surface area (Å²) in [5.74, 6) is 1.37. The molecule has 0 aromatic heterocycles. The van der Waals surface area contributed by atoms with Gasteiger partial charge in [-0.15, -0.1) is 0 Å². The van der Waals surface area contributed by atoms with Crippen LogP contribution in [0, 0.1) is 11.3 Å². The van der Waals surface area contributed by atoms with Crippen molar-refractivity contribution in [3.8, 4) is 29.1 Å². The van der Waals surface area contributed by atoms with Gasteiger partial charge < -0.3 is 24.3 Å². The fourth-order valence-corrected chi connectivity index (χ4v) is 3.40. The number of halogens is 2. The fraction of sp³-hybridized carbons (Fsp3) is 0.300. The summed E-state index contributed by atoms with van der Waals surface area (Å²) < 4.78 is 22.9. The zero-order valence-electron chi connectivity index (χ0n) is 15.6. The zero-order valence-corrected chi connectivity index (χ0v) is 17.9. The van der Waals surface area contributed by atoms with E-state index < -0.39 is 5.91 Å². The molecule has 3 rings (SSSR count). The van der Waals surface area contributed by atoms with Crippen LogP contribution in [0.5, 0.6) is 23.0 Å². The van der Waals surface area contributed by atoms with E-state index in [0.717, 1.165) is 6.42 Å². The predicted octanol–water partition coefficient (Wildman–Crippen LogP) is 4.55. The number of amides is 1. The van der Waals surface area contributed by atoms with Crippen LogP contribution < -0.4 is 24.3 Å². The van der Waals surface area contributed by atoms with Crippen molar-refractivity contribution in [3.05, 3.63) is 39.3 Å². The second kappa shape index (κ2) is 9.72. The van der Waals surface area contributed by atoms with E-state index in [4.69, 9.17) is 35.8 Å². The maximum absolute atomic E-state index is 12.4. The summed E-state index contributed by atoms with van der Waals surface area (Å²) in [5.41, 5.74) is 0.810. The summed E-state index contributed by atoms with van der Waals surface area (Å²) in [7, 11) is 0. The third kappa shape index (κ3) is 5.25. The Morgan fingerprint density at radius 2 is 1.97 bits per heavy atom. The standard InChI is InChI=1S/C20H18BrClN2O5/c1-2-26-18-7-12(10-23)6-13(21)20(18)29-11-19(25)24-15-9-17-16(8-14(15)22)27-4-3-5-28-17/h6-9H,2-5,11H2,1H3,(H,24,25). The molecule has 1 amide bonds. The Bertz CT molecular complexity index is 961. The van der Waals surface area contributed by atoms with Gasteiger partial charge in [0.25, 0.3) is 5.91 Å². The molecule has 0 spiro atoms. The van der Waals surface area contributed by atoms with Crippen LogP contribution in [0.25, 0.3) is 0 Å². The van der Waals surface area contributed by atoms with Gasteiger partial charge in [0, 0.05) is 24.6 Å². The average molecular weight is 482 g/mol. The molecule has 0 saturated carbocycles. The molecule has 1 aliphatic rings. The molecule has 1 heterocycles. The Morgan fingerprint density at radius 1 is 1.24 bits per heavy atom. The highest BCUT2D eigenvalue weighted by molar-refractivity contribution is 9.10. The lowest BCUT2D eigenvalue weighted by atomic mass is 10.2. The predicted molar refractivity (Wildman–Crippen MR) is 111 cm³/mol. The van der Waals surface area contributed by atoms with Gasteiger partial charge in [0.15, 0.2) is 29.6 Å². The average Bonchev–Trinajstić information content (AvgIpc) is 2.92. The van der Waals surface area contributed by atoms with E-state index in [9.17, 15) is 4.79 Å². The van der Waals surface area contributed by atoms with E-state index in [-0.39, 0.29) is 6.61 Å². The van der Waals surface area contributed by atoms with Crippen molar-refractivity contribution >= 4 is 39.1 Å². The number of benzene rings is 2. The number of fused-ring (bicyclic) bond motifs is 1. The number of hydrogen-bond acceptors (Lipinski definition) is 6. The number of nitrogens with one attached hydrogen (secondary N) is 1. The first-order chi connectivity index (χ1) is 14.0. The van der Waals surface area contributed by atoms with Crippen LogP contribution in [0.15, 0.2) is 28.7 Å². The van der Waals surface area contributed by atoms with Crippen LogP contribution in [0.3, 0.4) is 0 Å². The molecule has 0 radical (unpaired) electrons. The lowest BCUT2D eigenvalue weighted by Crippen LogP contribution is -2.21. The van der Waals surface area contributed by atoms with Gasteiger partial charge in [0.05, 0.1) is 46.6 Å². The summed E-state index contributed by atoms with van der Waals surface area (Å²) in [6.45, 7) is 2.99. The van der Waals surface area contributed by atoms with Gasteiger partial charge in [-0.25, -0.2) is 0 Å². The van der Waals surface area contributed by atoms with Gasteiger partial charge in [-0.3, -0.25) is 4.79 Å². The molecule has 0 atom stereocenters. The second-order valence-electron chi connectivity index (χ2n) is 6.00. The minimum Gasteiger partial charge on any atom is -0.490 e. The highest BCUT2D eigenvalue weighted by Crippen LogP contribution is 2.38.